The average molecular weight is 287 g/mol. The number of hydrogen-bond acceptors (Lipinski definition) is 3. The summed E-state index contributed by atoms with van der Waals surface area (Å²) in [5.41, 5.74) is 8.68. The Hall–Kier alpha value is -2.07. The Morgan fingerprint density at radius 1 is 1.20 bits per heavy atom. The average Bonchev–Trinajstić information content (AvgIpc) is 2.77. The van der Waals surface area contributed by atoms with Gasteiger partial charge in [-0.15, -0.1) is 0 Å². The van der Waals surface area contributed by atoms with Crippen LogP contribution in [-0.4, -0.2) is 14.5 Å². The topological polar surface area (TPSA) is 56.7 Å². The van der Waals surface area contributed by atoms with Gasteiger partial charge < -0.3 is 10.3 Å². The van der Waals surface area contributed by atoms with Crippen LogP contribution in [-0.2, 0) is 0 Å². The number of hydrogen-bond donors (Lipinski definition) is 1. The van der Waals surface area contributed by atoms with E-state index >= 15 is 0 Å². The maximum absolute atomic E-state index is 6.05. The summed E-state index contributed by atoms with van der Waals surface area (Å²) in [5, 5.41) is 0.687. The monoisotopic (exact) mass is 286 g/mol. The van der Waals surface area contributed by atoms with Gasteiger partial charge in [-0.1, -0.05) is 11.6 Å². The fraction of sp³-hybridized carbons (Fsp3) is 0.200. The van der Waals surface area contributed by atoms with Crippen LogP contribution in [0.3, 0.4) is 0 Å². The van der Waals surface area contributed by atoms with Crippen molar-refractivity contribution in [1.29, 1.82) is 0 Å². The Labute approximate surface area is 122 Å². The molecule has 3 aromatic rings. The van der Waals surface area contributed by atoms with E-state index < -0.39 is 0 Å². The molecule has 4 nitrogen and oxygen atoms in total. The molecule has 2 heterocycles. The molecular weight excluding hydrogens is 272 g/mol. The van der Waals surface area contributed by atoms with Crippen molar-refractivity contribution < 1.29 is 0 Å². The highest BCUT2D eigenvalue weighted by atomic mass is 35.5. The van der Waals surface area contributed by atoms with Crippen LogP contribution in [0.15, 0.2) is 36.5 Å². The van der Waals surface area contributed by atoms with E-state index in [1.807, 2.05) is 30.3 Å². The summed E-state index contributed by atoms with van der Waals surface area (Å²) in [6, 6.07) is 9.79. The van der Waals surface area contributed by atoms with Crippen molar-refractivity contribution in [3.63, 3.8) is 0 Å². The highest BCUT2D eigenvalue weighted by Gasteiger charge is 2.15. The lowest BCUT2D eigenvalue weighted by Gasteiger charge is -2.13. The van der Waals surface area contributed by atoms with Crippen molar-refractivity contribution in [2.75, 3.05) is 5.73 Å². The minimum atomic E-state index is 0.283. The quantitative estimate of drug-likeness (QED) is 0.777. The molecule has 2 N–H and O–H groups in total. The van der Waals surface area contributed by atoms with Crippen LogP contribution in [0.5, 0.6) is 0 Å². The minimum Gasteiger partial charge on any atom is -0.384 e. The van der Waals surface area contributed by atoms with Gasteiger partial charge in [0.15, 0.2) is 0 Å². The Balaban J connectivity index is 2.32. The molecular formula is C15H15ClN4. The SMILES string of the molecule is CC(C)n1c(-c2ccnc(N)c2)nc2cc(Cl)ccc21. The predicted molar refractivity (Wildman–Crippen MR) is 82.8 cm³/mol. The van der Waals surface area contributed by atoms with E-state index in [9.17, 15) is 0 Å². The third kappa shape index (κ3) is 2.12. The van der Waals surface area contributed by atoms with E-state index in [0.717, 1.165) is 22.4 Å². The number of pyridine rings is 1. The first-order valence-corrected chi connectivity index (χ1v) is 6.83. The lowest BCUT2D eigenvalue weighted by molar-refractivity contribution is 0.624. The van der Waals surface area contributed by atoms with Gasteiger partial charge in [0.1, 0.15) is 11.6 Å². The zero-order chi connectivity index (χ0) is 14.3. The number of nitrogens with zero attached hydrogens (tertiary/aromatic N) is 3. The Bertz CT molecular complexity index is 777. The molecule has 102 valence electrons. The van der Waals surface area contributed by atoms with Crippen LogP contribution < -0.4 is 5.73 Å². The van der Waals surface area contributed by atoms with Gasteiger partial charge in [0.05, 0.1) is 11.0 Å². The van der Waals surface area contributed by atoms with Crippen LogP contribution in [0.4, 0.5) is 5.82 Å². The van der Waals surface area contributed by atoms with Crippen molar-refractivity contribution in [1.82, 2.24) is 14.5 Å². The van der Waals surface area contributed by atoms with E-state index in [-0.39, 0.29) is 6.04 Å². The van der Waals surface area contributed by atoms with Gasteiger partial charge in [-0.25, -0.2) is 9.97 Å². The Morgan fingerprint density at radius 3 is 2.70 bits per heavy atom. The molecule has 0 bridgehead atoms. The molecule has 0 aliphatic carbocycles. The first kappa shape index (κ1) is 12.9. The second-order valence-electron chi connectivity index (χ2n) is 5.00. The van der Waals surface area contributed by atoms with Crippen molar-refractivity contribution in [3.8, 4) is 11.4 Å². The standard InChI is InChI=1S/C15H15ClN4/c1-9(2)20-13-4-3-11(16)8-12(13)19-15(20)10-5-6-18-14(17)7-10/h3-9H,1-2H3,(H2,17,18). The maximum Gasteiger partial charge on any atom is 0.141 e. The predicted octanol–water partition coefficient (Wildman–Crippen LogP) is 3.91. The highest BCUT2D eigenvalue weighted by molar-refractivity contribution is 6.31. The molecule has 0 saturated heterocycles. The Morgan fingerprint density at radius 2 is 2.00 bits per heavy atom. The molecule has 3 rings (SSSR count). The molecule has 2 aromatic heterocycles. The van der Waals surface area contributed by atoms with Gasteiger partial charge in [-0.05, 0) is 44.2 Å². The van der Waals surface area contributed by atoms with Crippen LogP contribution in [0.25, 0.3) is 22.4 Å². The second kappa shape index (κ2) is 4.80. The lowest BCUT2D eigenvalue weighted by atomic mass is 10.2. The summed E-state index contributed by atoms with van der Waals surface area (Å²) >= 11 is 6.05. The van der Waals surface area contributed by atoms with E-state index in [4.69, 9.17) is 22.3 Å². The molecule has 0 fully saturated rings. The second-order valence-corrected chi connectivity index (χ2v) is 5.44. The minimum absolute atomic E-state index is 0.283. The van der Waals surface area contributed by atoms with E-state index in [0.29, 0.717) is 10.8 Å². The summed E-state index contributed by atoms with van der Waals surface area (Å²) < 4.78 is 2.18. The van der Waals surface area contributed by atoms with E-state index in [2.05, 4.69) is 23.4 Å². The normalized spacial score (nSPS) is 11.4. The van der Waals surface area contributed by atoms with Gasteiger partial charge in [0, 0.05) is 22.8 Å². The molecule has 0 amide bonds. The number of rotatable bonds is 2. The number of aromatic nitrogens is 3. The smallest absolute Gasteiger partial charge is 0.141 e. The Kier molecular flexibility index (Phi) is 3.10. The largest absolute Gasteiger partial charge is 0.384 e. The zero-order valence-corrected chi connectivity index (χ0v) is 12.1. The molecule has 0 spiro atoms. The molecule has 0 radical (unpaired) electrons. The molecule has 0 aliphatic heterocycles. The summed E-state index contributed by atoms with van der Waals surface area (Å²) in [7, 11) is 0. The third-order valence-corrected chi connectivity index (χ3v) is 3.44. The van der Waals surface area contributed by atoms with Gasteiger partial charge in [-0.3, -0.25) is 0 Å². The molecule has 1 aromatic carbocycles. The van der Waals surface area contributed by atoms with Crippen LogP contribution in [0.1, 0.15) is 19.9 Å². The fourth-order valence-electron chi connectivity index (χ4n) is 2.39. The van der Waals surface area contributed by atoms with Crippen LogP contribution in [0, 0.1) is 0 Å². The van der Waals surface area contributed by atoms with Crippen molar-refractivity contribution in [3.05, 3.63) is 41.6 Å². The fourth-order valence-corrected chi connectivity index (χ4v) is 2.55. The van der Waals surface area contributed by atoms with Crippen LogP contribution >= 0.6 is 11.6 Å². The molecule has 5 heteroatoms. The summed E-state index contributed by atoms with van der Waals surface area (Å²) in [4.78, 5) is 8.73. The number of imidazole rings is 1. The van der Waals surface area contributed by atoms with Crippen molar-refractivity contribution in [2.24, 2.45) is 0 Å². The first-order chi connectivity index (χ1) is 9.56. The van der Waals surface area contributed by atoms with Crippen molar-refractivity contribution in [2.45, 2.75) is 19.9 Å². The van der Waals surface area contributed by atoms with Gasteiger partial charge in [0.25, 0.3) is 0 Å². The van der Waals surface area contributed by atoms with E-state index in [1.165, 1.54) is 0 Å². The maximum atomic E-state index is 6.05. The van der Waals surface area contributed by atoms with Gasteiger partial charge in [-0.2, -0.15) is 0 Å². The first-order valence-electron chi connectivity index (χ1n) is 6.45. The number of nitrogen functional groups attached to an aromatic ring is 1. The molecule has 0 aliphatic rings. The van der Waals surface area contributed by atoms with Crippen LogP contribution in [0.2, 0.25) is 5.02 Å². The number of nitrogens with two attached hydrogens (primary N) is 1. The van der Waals surface area contributed by atoms with E-state index in [1.54, 1.807) is 6.20 Å². The highest BCUT2D eigenvalue weighted by Crippen LogP contribution is 2.30. The van der Waals surface area contributed by atoms with Crippen molar-refractivity contribution >= 4 is 28.5 Å². The number of benzene rings is 1. The third-order valence-electron chi connectivity index (χ3n) is 3.21. The summed E-state index contributed by atoms with van der Waals surface area (Å²) in [5.74, 6) is 1.37. The number of halogens is 1. The molecule has 0 atom stereocenters. The number of fused-ring (bicyclic) bond motifs is 1. The number of anilines is 1. The van der Waals surface area contributed by atoms with Gasteiger partial charge >= 0.3 is 0 Å². The molecule has 20 heavy (non-hydrogen) atoms. The zero-order valence-electron chi connectivity index (χ0n) is 11.3. The summed E-state index contributed by atoms with van der Waals surface area (Å²) in [6.07, 6.45) is 1.70. The summed E-state index contributed by atoms with van der Waals surface area (Å²) in [6.45, 7) is 4.26. The lowest BCUT2D eigenvalue weighted by Crippen LogP contribution is -2.03. The molecule has 0 saturated carbocycles. The van der Waals surface area contributed by atoms with Gasteiger partial charge in [0.2, 0.25) is 0 Å². The molecule has 0 unspecified atom stereocenters.